The summed E-state index contributed by atoms with van der Waals surface area (Å²) in [6, 6.07) is 4.46. The van der Waals surface area contributed by atoms with E-state index in [0.29, 0.717) is 14.2 Å². The van der Waals surface area contributed by atoms with E-state index < -0.39 is 12.1 Å². The molecule has 96 valence electrons. The highest BCUT2D eigenvalue weighted by Gasteiger charge is 2.21. The summed E-state index contributed by atoms with van der Waals surface area (Å²) in [5.74, 6) is -0.390. The minimum atomic E-state index is -1.07. The summed E-state index contributed by atoms with van der Waals surface area (Å²) in [5.41, 5.74) is 0.442. The van der Waals surface area contributed by atoms with E-state index in [1.807, 2.05) is 0 Å². The Balaban J connectivity index is 2.29. The number of aliphatic hydroxyl groups is 1. The van der Waals surface area contributed by atoms with Gasteiger partial charge < -0.3 is 14.3 Å². The van der Waals surface area contributed by atoms with E-state index in [0.717, 1.165) is 11.3 Å². The summed E-state index contributed by atoms with van der Waals surface area (Å²) in [6.45, 7) is 0. The van der Waals surface area contributed by atoms with E-state index in [-0.39, 0.29) is 11.5 Å². The highest BCUT2D eigenvalue weighted by Crippen LogP contribution is 2.37. The van der Waals surface area contributed by atoms with Gasteiger partial charge in [0.2, 0.25) is 5.76 Å². The van der Waals surface area contributed by atoms with Crippen LogP contribution in [0.25, 0.3) is 0 Å². The number of hydrogen-bond acceptors (Lipinski definition) is 5. The minimum absolute atomic E-state index is 0.0176. The largest absolute Gasteiger partial charge is 0.463 e. The van der Waals surface area contributed by atoms with Crippen molar-refractivity contribution in [2.45, 2.75) is 6.10 Å². The molecule has 2 aromatic heterocycles. The Labute approximate surface area is 117 Å². The number of furan rings is 1. The van der Waals surface area contributed by atoms with Gasteiger partial charge >= 0.3 is 5.97 Å². The molecule has 1 N–H and O–H groups in total. The number of halogens is 2. The Kier molecular flexibility index (Phi) is 3.97. The van der Waals surface area contributed by atoms with E-state index in [9.17, 15) is 9.90 Å². The molecular weight excluding hydrogens is 299 g/mol. The Morgan fingerprint density at radius 3 is 2.78 bits per heavy atom. The zero-order chi connectivity index (χ0) is 13.3. The van der Waals surface area contributed by atoms with Crippen LogP contribution in [0, 0.1) is 0 Å². The third-order valence-electron chi connectivity index (χ3n) is 2.26. The molecule has 0 saturated carbocycles. The molecule has 4 nitrogen and oxygen atoms in total. The average Bonchev–Trinajstić information content (AvgIpc) is 2.94. The second-order valence-electron chi connectivity index (χ2n) is 3.38. The van der Waals surface area contributed by atoms with Crippen LogP contribution in [0.4, 0.5) is 0 Å². The summed E-state index contributed by atoms with van der Waals surface area (Å²) in [6.07, 6.45) is -1.07. The van der Waals surface area contributed by atoms with Crippen molar-refractivity contribution in [3.63, 3.8) is 0 Å². The first-order valence-corrected chi connectivity index (χ1v) is 6.41. The maximum absolute atomic E-state index is 11.2. The lowest BCUT2D eigenvalue weighted by molar-refractivity contribution is 0.0558. The molecule has 0 spiro atoms. The lowest BCUT2D eigenvalue weighted by atomic mass is 10.1. The Morgan fingerprint density at radius 2 is 2.22 bits per heavy atom. The van der Waals surface area contributed by atoms with Crippen molar-refractivity contribution in [3.8, 4) is 0 Å². The average molecular weight is 307 g/mol. The number of methoxy groups -OCH3 is 1. The van der Waals surface area contributed by atoms with Crippen LogP contribution in [0.1, 0.15) is 28.0 Å². The first-order chi connectivity index (χ1) is 8.52. The first-order valence-electron chi connectivity index (χ1n) is 4.83. The molecule has 0 aromatic carbocycles. The molecule has 1 atom stereocenters. The number of aliphatic hydroxyl groups excluding tert-OH is 1. The number of hydrogen-bond donors (Lipinski definition) is 1. The summed E-state index contributed by atoms with van der Waals surface area (Å²) in [5, 5.41) is 10.1. The number of ether oxygens (including phenoxy) is 1. The SMILES string of the molecule is COC(=O)c1ccc(C(O)c2cc(Cl)sc2Cl)o1. The molecule has 2 aromatic rings. The molecule has 18 heavy (non-hydrogen) atoms. The van der Waals surface area contributed by atoms with Crippen molar-refractivity contribution in [1.82, 2.24) is 0 Å². The van der Waals surface area contributed by atoms with Gasteiger partial charge in [-0.25, -0.2) is 4.79 Å². The van der Waals surface area contributed by atoms with Gasteiger partial charge in [0.05, 0.1) is 11.4 Å². The van der Waals surface area contributed by atoms with E-state index in [4.69, 9.17) is 27.6 Å². The van der Waals surface area contributed by atoms with Gasteiger partial charge in [-0.3, -0.25) is 0 Å². The van der Waals surface area contributed by atoms with Crippen molar-refractivity contribution in [2.75, 3.05) is 7.11 Å². The summed E-state index contributed by atoms with van der Waals surface area (Å²) in [4.78, 5) is 11.2. The van der Waals surface area contributed by atoms with Gasteiger partial charge in [0.15, 0.2) is 0 Å². The second kappa shape index (κ2) is 5.32. The standard InChI is InChI=1S/C11H8Cl2O4S/c1-16-11(15)7-3-2-6(17-7)9(14)5-4-8(12)18-10(5)13/h2-4,9,14H,1H3. The lowest BCUT2D eigenvalue weighted by Crippen LogP contribution is -2.00. The Bertz CT molecular complexity index is 575. The molecule has 0 radical (unpaired) electrons. The lowest BCUT2D eigenvalue weighted by Gasteiger charge is -2.05. The molecule has 0 aliphatic heterocycles. The van der Waals surface area contributed by atoms with Crippen LogP contribution in [0.5, 0.6) is 0 Å². The summed E-state index contributed by atoms with van der Waals surface area (Å²) >= 11 is 12.9. The van der Waals surface area contributed by atoms with Crippen LogP contribution in [-0.2, 0) is 4.74 Å². The number of rotatable bonds is 3. The number of carbonyl (C=O) groups is 1. The molecule has 0 bridgehead atoms. The maximum atomic E-state index is 11.2. The predicted molar refractivity (Wildman–Crippen MR) is 68.4 cm³/mol. The van der Waals surface area contributed by atoms with Crippen molar-refractivity contribution >= 4 is 40.5 Å². The van der Waals surface area contributed by atoms with E-state index in [1.165, 1.54) is 19.2 Å². The molecule has 0 aliphatic rings. The van der Waals surface area contributed by atoms with Gasteiger partial charge in [0.25, 0.3) is 0 Å². The van der Waals surface area contributed by atoms with Crippen molar-refractivity contribution in [2.24, 2.45) is 0 Å². The monoisotopic (exact) mass is 306 g/mol. The molecular formula is C11H8Cl2O4S. The van der Waals surface area contributed by atoms with Gasteiger partial charge in [0.1, 0.15) is 16.2 Å². The topological polar surface area (TPSA) is 59.7 Å². The fourth-order valence-corrected chi connectivity index (χ4v) is 2.92. The van der Waals surface area contributed by atoms with E-state index in [2.05, 4.69) is 4.74 Å². The first kappa shape index (κ1) is 13.4. The zero-order valence-electron chi connectivity index (χ0n) is 9.15. The normalized spacial score (nSPS) is 12.4. The predicted octanol–water partition coefficient (Wildman–Crippen LogP) is 3.52. The molecule has 0 fully saturated rings. The summed E-state index contributed by atoms with van der Waals surface area (Å²) < 4.78 is 10.5. The smallest absolute Gasteiger partial charge is 0.373 e. The molecule has 7 heteroatoms. The molecule has 2 heterocycles. The Hall–Kier alpha value is -1.01. The number of esters is 1. The fourth-order valence-electron chi connectivity index (χ4n) is 1.40. The van der Waals surface area contributed by atoms with Crippen LogP contribution in [0.2, 0.25) is 8.67 Å². The van der Waals surface area contributed by atoms with Gasteiger partial charge in [-0.1, -0.05) is 23.2 Å². The molecule has 0 aliphatic carbocycles. The van der Waals surface area contributed by atoms with Crippen LogP contribution >= 0.6 is 34.5 Å². The third kappa shape index (κ3) is 2.54. The van der Waals surface area contributed by atoms with Crippen molar-refractivity contribution in [1.29, 1.82) is 0 Å². The molecule has 0 saturated heterocycles. The maximum Gasteiger partial charge on any atom is 0.373 e. The number of thiophene rings is 1. The highest BCUT2D eigenvalue weighted by atomic mass is 35.5. The van der Waals surface area contributed by atoms with E-state index in [1.54, 1.807) is 6.07 Å². The van der Waals surface area contributed by atoms with E-state index >= 15 is 0 Å². The van der Waals surface area contributed by atoms with Crippen molar-refractivity contribution in [3.05, 3.63) is 44.0 Å². The quantitative estimate of drug-likeness (QED) is 0.881. The van der Waals surface area contributed by atoms with Gasteiger partial charge in [0, 0.05) is 5.56 Å². The fraction of sp³-hybridized carbons (Fsp3) is 0.182. The van der Waals surface area contributed by atoms with Crippen LogP contribution in [-0.4, -0.2) is 18.2 Å². The van der Waals surface area contributed by atoms with Crippen LogP contribution in [0.15, 0.2) is 22.6 Å². The second-order valence-corrected chi connectivity index (χ2v) is 5.66. The Morgan fingerprint density at radius 1 is 1.50 bits per heavy atom. The minimum Gasteiger partial charge on any atom is -0.463 e. The number of carbonyl (C=O) groups excluding carboxylic acids is 1. The van der Waals surface area contributed by atoms with Crippen LogP contribution in [0.3, 0.4) is 0 Å². The zero-order valence-corrected chi connectivity index (χ0v) is 11.5. The summed E-state index contributed by atoms with van der Waals surface area (Å²) in [7, 11) is 1.25. The van der Waals surface area contributed by atoms with Gasteiger partial charge in [-0.15, -0.1) is 11.3 Å². The third-order valence-corrected chi connectivity index (χ3v) is 3.78. The van der Waals surface area contributed by atoms with Gasteiger partial charge in [-0.2, -0.15) is 0 Å². The molecule has 2 rings (SSSR count). The van der Waals surface area contributed by atoms with Crippen molar-refractivity contribution < 1.29 is 19.1 Å². The molecule has 0 amide bonds. The molecule has 1 unspecified atom stereocenters. The van der Waals surface area contributed by atoms with Crippen LogP contribution < -0.4 is 0 Å². The highest BCUT2D eigenvalue weighted by molar-refractivity contribution is 7.20. The van der Waals surface area contributed by atoms with Gasteiger partial charge in [-0.05, 0) is 18.2 Å².